The minimum Gasteiger partial charge on any atom is -0.479 e. The lowest BCUT2D eigenvalue weighted by molar-refractivity contribution is -0.147. The van der Waals surface area contributed by atoms with Crippen LogP contribution in [-0.2, 0) is 9.59 Å². The van der Waals surface area contributed by atoms with Gasteiger partial charge in [-0.3, -0.25) is 4.79 Å². The molecule has 0 saturated carbocycles. The lowest BCUT2D eigenvalue weighted by atomic mass is 10.0. The molecule has 0 aromatic heterocycles. The van der Waals surface area contributed by atoms with E-state index in [1.807, 2.05) is 0 Å². The van der Waals surface area contributed by atoms with E-state index in [-0.39, 0.29) is 5.78 Å². The molecule has 0 bridgehead atoms. The highest BCUT2D eigenvalue weighted by Gasteiger charge is 2.17. The number of halogens is 1. The SMILES string of the molecule is CC(=O)C(Br)c1ccc(C(O)C(=O)O)cc1. The maximum atomic E-state index is 11.1. The maximum absolute atomic E-state index is 11.1. The van der Waals surface area contributed by atoms with Crippen LogP contribution in [0.3, 0.4) is 0 Å². The fourth-order valence-electron chi connectivity index (χ4n) is 1.22. The Balaban J connectivity index is 2.91. The summed E-state index contributed by atoms with van der Waals surface area (Å²) >= 11 is 3.21. The highest BCUT2D eigenvalue weighted by Crippen LogP contribution is 2.25. The second kappa shape index (κ2) is 5.23. The first-order valence-corrected chi connectivity index (χ1v) is 5.50. The number of hydrogen-bond donors (Lipinski definition) is 2. The van der Waals surface area contributed by atoms with Gasteiger partial charge in [0.15, 0.2) is 6.10 Å². The molecule has 2 unspecified atom stereocenters. The van der Waals surface area contributed by atoms with Crippen molar-refractivity contribution in [1.29, 1.82) is 0 Å². The average molecular weight is 287 g/mol. The van der Waals surface area contributed by atoms with Crippen molar-refractivity contribution >= 4 is 27.7 Å². The lowest BCUT2D eigenvalue weighted by Gasteiger charge is -2.09. The summed E-state index contributed by atoms with van der Waals surface area (Å²) in [5.41, 5.74) is 1.02. The van der Waals surface area contributed by atoms with Gasteiger partial charge in [0, 0.05) is 0 Å². The van der Waals surface area contributed by atoms with E-state index >= 15 is 0 Å². The number of rotatable bonds is 4. The van der Waals surface area contributed by atoms with Crippen molar-refractivity contribution in [2.45, 2.75) is 17.9 Å². The second-order valence-electron chi connectivity index (χ2n) is 3.38. The molecule has 1 aromatic rings. The van der Waals surface area contributed by atoms with E-state index in [2.05, 4.69) is 15.9 Å². The van der Waals surface area contributed by atoms with Gasteiger partial charge < -0.3 is 10.2 Å². The maximum Gasteiger partial charge on any atom is 0.337 e. The highest BCUT2D eigenvalue weighted by molar-refractivity contribution is 9.09. The molecule has 2 N–H and O–H groups in total. The highest BCUT2D eigenvalue weighted by atomic mass is 79.9. The Morgan fingerprint density at radius 3 is 2.00 bits per heavy atom. The standard InChI is InChI=1S/C11H11BrO4/c1-6(13)9(12)7-2-4-8(5-3-7)10(14)11(15)16/h2-5,9-10,14H,1H3,(H,15,16). The molecule has 0 radical (unpaired) electrons. The van der Waals surface area contributed by atoms with E-state index in [0.29, 0.717) is 5.56 Å². The first kappa shape index (κ1) is 12.9. The molecule has 0 heterocycles. The van der Waals surface area contributed by atoms with Crippen molar-refractivity contribution in [2.24, 2.45) is 0 Å². The largest absolute Gasteiger partial charge is 0.479 e. The molecule has 4 nitrogen and oxygen atoms in total. The van der Waals surface area contributed by atoms with Crippen molar-refractivity contribution in [3.8, 4) is 0 Å². The molecule has 0 amide bonds. The van der Waals surface area contributed by atoms with E-state index in [9.17, 15) is 14.7 Å². The molecule has 16 heavy (non-hydrogen) atoms. The Bertz CT molecular complexity index is 360. The van der Waals surface area contributed by atoms with Crippen LogP contribution in [0.4, 0.5) is 0 Å². The van der Waals surface area contributed by atoms with Crippen molar-refractivity contribution in [1.82, 2.24) is 0 Å². The summed E-state index contributed by atoms with van der Waals surface area (Å²) in [6.07, 6.45) is -1.53. The number of hydrogen-bond acceptors (Lipinski definition) is 3. The first-order chi connectivity index (χ1) is 7.43. The number of benzene rings is 1. The van der Waals surface area contributed by atoms with Crippen molar-refractivity contribution in [3.05, 3.63) is 35.4 Å². The van der Waals surface area contributed by atoms with Gasteiger partial charge in [0.05, 0.1) is 4.83 Å². The molecule has 5 heteroatoms. The molecule has 0 aliphatic rings. The van der Waals surface area contributed by atoms with E-state index in [1.54, 1.807) is 12.1 Å². The number of carbonyl (C=O) groups excluding carboxylic acids is 1. The number of carboxylic acid groups (broad SMARTS) is 1. The molecule has 1 aromatic carbocycles. The van der Waals surface area contributed by atoms with Gasteiger partial charge in [-0.1, -0.05) is 40.2 Å². The Labute approximate surface area is 101 Å². The number of aliphatic carboxylic acids is 1. The summed E-state index contributed by atoms with van der Waals surface area (Å²) in [4.78, 5) is 21.2. The third-order valence-corrected chi connectivity index (χ3v) is 3.31. The van der Waals surface area contributed by atoms with Crippen molar-refractivity contribution < 1.29 is 19.8 Å². The van der Waals surface area contributed by atoms with Crippen LogP contribution in [0.5, 0.6) is 0 Å². The molecule has 86 valence electrons. The predicted molar refractivity (Wildman–Crippen MR) is 61.4 cm³/mol. The molecule has 0 fully saturated rings. The Morgan fingerprint density at radius 2 is 1.62 bits per heavy atom. The number of aliphatic hydroxyl groups excluding tert-OH is 1. The molecule has 1 rings (SSSR count). The molecular formula is C11H11BrO4. The van der Waals surface area contributed by atoms with Gasteiger partial charge in [-0.2, -0.15) is 0 Å². The van der Waals surface area contributed by atoms with Crippen LogP contribution in [0.15, 0.2) is 24.3 Å². The summed E-state index contributed by atoms with van der Waals surface area (Å²) in [6, 6.07) is 6.21. The van der Waals surface area contributed by atoms with Gasteiger partial charge in [0.2, 0.25) is 0 Å². The molecule has 0 saturated heterocycles. The first-order valence-electron chi connectivity index (χ1n) is 4.58. The van der Waals surface area contributed by atoms with Gasteiger partial charge in [-0.15, -0.1) is 0 Å². The molecule has 0 aliphatic heterocycles. The average Bonchev–Trinajstić information content (AvgIpc) is 2.27. The van der Waals surface area contributed by atoms with Crippen LogP contribution in [0.25, 0.3) is 0 Å². The Kier molecular flexibility index (Phi) is 4.20. The third-order valence-electron chi connectivity index (χ3n) is 2.14. The fourth-order valence-corrected chi connectivity index (χ4v) is 1.53. The number of aliphatic hydroxyl groups is 1. The van der Waals surface area contributed by atoms with Gasteiger partial charge in [-0.25, -0.2) is 4.79 Å². The van der Waals surface area contributed by atoms with Gasteiger partial charge in [0.25, 0.3) is 0 Å². The minimum absolute atomic E-state index is 0.0356. The fraction of sp³-hybridized carbons (Fsp3) is 0.273. The topological polar surface area (TPSA) is 74.6 Å². The number of carbonyl (C=O) groups is 2. The number of carboxylic acids is 1. The third kappa shape index (κ3) is 2.90. The van der Waals surface area contributed by atoms with Gasteiger partial charge in [0.1, 0.15) is 5.78 Å². The lowest BCUT2D eigenvalue weighted by Crippen LogP contribution is -2.10. The summed E-state index contributed by atoms with van der Waals surface area (Å²) in [5, 5.41) is 17.8. The summed E-state index contributed by atoms with van der Waals surface area (Å²) < 4.78 is 0. The number of alkyl halides is 1. The minimum atomic E-state index is -1.53. The summed E-state index contributed by atoms with van der Waals surface area (Å²) in [5.74, 6) is -1.33. The zero-order chi connectivity index (χ0) is 12.3. The van der Waals surface area contributed by atoms with Crippen LogP contribution < -0.4 is 0 Å². The summed E-state index contributed by atoms with van der Waals surface area (Å²) in [7, 11) is 0. The predicted octanol–water partition coefficient (Wildman–Crippen LogP) is 1.83. The van der Waals surface area contributed by atoms with Crippen molar-refractivity contribution in [2.75, 3.05) is 0 Å². The van der Waals surface area contributed by atoms with E-state index in [0.717, 1.165) is 5.56 Å². The Hall–Kier alpha value is -1.20. The second-order valence-corrected chi connectivity index (χ2v) is 4.30. The van der Waals surface area contributed by atoms with E-state index in [1.165, 1.54) is 19.1 Å². The van der Waals surface area contributed by atoms with Crippen LogP contribution in [0, 0.1) is 0 Å². The number of ketones is 1. The number of Topliss-reactive ketones (excluding diaryl/α,β-unsaturated/α-hetero) is 1. The van der Waals surface area contributed by atoms with Crippen LogP contribution in [0.2, 0.25) is 0 Å². The smallest absolute Gasteiger partial charge is 0.337 e. The normalized spacial score (nSPS) is 14.2. The molecule has 0 spiro atoms. The van der Waals surface area contributed by atoms with E-state index in [4.69, 9.17) is 5.11 Å². The van der Waals surface area contributed by atoms with Crippen molar-refractivity contribution in [3.63, 3.8) is 0 Å². The van der Waals surface area contributed by atoms with Crippen LogP contribution in [-0.4, -0.2) is 22.0 Å². The molecule has 0 aliphatic carbocycles. The monoisotopic (exact) mass is 286 g/mol. The van der Waals surface area contributed by atoms with Gasteiger partial charge >= 0.3 is 5.97 Å². The molecular weight excluding hydrogens is 276 g/mol. The quantitative estimate of drug-likeness (QED) is 0.828. The van der Waals surface area contributed by atoms with E-state index < -0.39 is 16.9 Å². The van der Waals surface area contributed by atoms with Gasteiger partial charge in [-0.05, 0) is 18.1 Å². The summed E-state index contributed by atoms with van der Waals surface area (Å²) in [6.45, 7) is 1.46. The Morgan fingerprint density at radius 1 is 1.19 bits per heavy atom. The van der Waals surface area contributed by atoms with Crippen LogP contribution >= 0.6 is 15.9 Å². The van der Waals surface area contributed by atoms with Crippen LogP contribution in [0.1, 0.15) is 29.0 Å². The zero-order valence-corrected chi connectivity index (χ0v) is 10.1. The zero-order valence-electron chi connectivity index (χ0n) is 8.55. The molecule has 2 atom stereocenters.